The number of fused-ring (bicyclic) bond motifs is 1. The molecule has 3 rings (SSSR count). The molecular formula is C22H33ClIN5O. The van der Waals surface area contributed by atoms with Crippen LogP contribution in [0.25, 0.3) is 10.9 Å². The maximum Gasteiger partial charge on any atom is 0.223 e. The van der Waals surface area contributed by atoms with E-state index in [0.717, 1.165) is 60.5 Å². The van der Waals surface area contributed by atoms with E-state index in [2.05, 4.69) is 25.9 Å². The van der Waals surface area contributed by atoms with Gasteiger partial charge in [0.25, 0.3) is 0 Å². The summed E-state index contributed by atoms with van der Waals surface area (Å²) in [7, 11) is 1.78. The number of amides is 1. The molecule has 0 radical (unpaired) electrons. The molecule has 2 atom stereocenters. The van der Waals surface area contributed by atoms with Crippen molar-refractivity contribution in [3.05, 3.63) is 35.0 Å². The number of rotatable bonds is 6. The second-order valence-electron chi connectivity index (χ2n) is 8.12. The zero-order valence-electron chi connectivity index (χ0n) is 17.9. The number of hydrogen-bond acceptors (Lipinski definition) is 2. The summed E-state index contributed by atoms with van der Waals surface area (Å²) in [6.45, 7) is 4.77. The Morgan fingerprint density at radius 3 is 2.87 bits per heavy atom. The van der Waals surface area contributed by atoms with E-state index in [1.807, 2.05) is 38.2 Å². The van der Waals surface area contributed by atoms with Gasteiger partial charge in [-0.1, -0.05) is 18.0 Å². The molecule has 6 nitrogen and oxygen atoms in total. The summed E-state index contributed by atoms with van der Waals surface area (Å²) in [5.41, 5.74) is 2.33. The molecule has 1 saturated carbocycles. The minimum absolute atomic E-state index is 0. The number of carbonyl (C=O) groups excluding carboxylic acids is 1. The van der Waals surface area contributed by atoms with Crippen LogP contribution in [-0.2, 0) is 11.2 Å². The molecule has 4 N–H and O–H groups in total. The summed E-state index contributed by atoms with van der Waals surface area (Å²) >= 11 is 6.14. The Bertz CT molecular complexity index is 866. The van der Waals surface area contributed by atoms with Crippen molar-refractivity contribution >= 4 is 58.3 Å². The molecular weight excluding hydrogens is 513 g/mol. The maximum absolute atomic E-state index is 12.3. The first-order chi connectivity index (χ1) is 14.0. The van der Waals surface area contributed by atoms with Crippen LogP contribution in [0.5, 0.6) is 0 Å². The quantitative estimate of drug-likeness (QED) is 0.249. The van der Waals surface area contributed by atoms with Crippen molar-refractivity contribution in [1.29, 1.82) is 0 Å². The van der Waals surface area contributed by atoms with Crippen molar-refractivity contribution in [1.82, 2.24) is 20.9 Å². The summed E-state index contributed by atoms with van der Waals surface area (Å²) in [4.78, 5) is 20.0. The fraction of sp³-hybridized carbons (Fsp3) is 0.545. The van der Waals surface area contributed by atoms with Gasteiger partial charge in [0.2, 0.25) is 5.91 Å². The number of carbonyl (C=O) groups is 1. The molecule has 0 aliphatic heterocycles. The highest BCUT2D eigenvalue weighted by Gasteiger charge is 2.27. The summed E-state index contributed by atoms with van der Waals surface area (Å²) in [6.07, 6.45) is 6.84. The van der Waals surface area contributed by atoms with E-state index in [1.165, 1.54) is 5.56 Å². The molecule has 0 bridgehead atoms. The number of benzene rings is 1. The number of nitrogens with one attached hydrogen (secondary N) is 4. The third-order valence-electron chi connectivity index (χ3n) is 5.46. The Labute approximate surface area is 201 Å². The first-order valence-electron chi connectivity index (χ1n) is 10.5. The predicted molar refractivity (Wildman–Crippen MR) is 136 cm³/mol. The van der Waals surface area contributed by atoms with Crippen molar-refractivity contribution < 1.29 is 4.79 Å². The highest BCUT2D eigenvalue weighted by Crippen LogP contribution is 2.25. The lowest BCUT2D eigenvalue weighted by Gasteiger charge is -2.30. The molecule has 8 heteroatoms. The first-order valence-corrected chi connectivity index (χ1v) is 10.9. The highest BCUT2D eigenvalue weighted by molar-refractivity contribution is 14.0. The molecule has 2 aromatic rings. The third kappa shape index (κ3) is 6.77. The summed E-state index contributed by atoms with van der Waals surface area (Å²) in [5, 5.41) is 11.9. The van der Waals surface area contributed by atoms with Gasteiger partial charge in [-0.15, -0.1) is 24.0 Å². The standard InChI is InChI=1S/C22H32ClN5O.HI/c1-14(2)27-21(29)15-5-4-6-18(11-15)28-22(24-3)25-10-9-16-13-26-20-8-7-17(23)12-19(16)20;/h7-8,12-15,18,26H,4-6,9-11H2,1-3H3,(H,27,29)(H2,24,25,28);1H. The number of halogens is 2. The van der Waals surface area contributed by atoms with Crippen LogP contribution in [-0.4, -0.2) is 42.5 Å². The van der Waals surface area contributed by atoms with Gasteiger partial charge in [-0.3, -0.25) is 9.79 Å². The molecule has 1 aromatic carbocycles. The molecule has 166 valence electrons. The van der Waals surface area contributed by atoms with Crippen LogP contribution in [0.3, 0.4) is 0 Å². The van der Waals surface area contributed by atoms with Gasteiger partial charge in [0, 0.05) is 53.7 Å². The molecule has 0 spiro atoms. The monoisotopic (exact) mass is 545 g/mol. The highest BCUT2D eigenvalue weighted by atomic mass is 127. The number of aromatic amines is 1. The molecule has 2 unspecified atom stereocenters. The third-order valence-corrected chi connectivity index (χ3v) is 5.69. The van der Waals surface area contributed by atoms with E-state index >= 15 is 0 Å². The smallest absolute Gasteiger partial charge is 0.223 e. The van der Waals surface area contributed by atoms with Gasteiger partial charge < -0.3 is 20.9 Å². The van der Waals surface area contributed by atoms with E-state index in [-0.39, 0.29) is 47.9 Å². The van der Waals surface area contributed by atoms with E-state index in [1.54, 1.807) is 7.05 Å². The Balaban J connectivity index is 0.00000320. The van der Waals surface area contributed by atoms with E-state index in [0.29, 0.717) is 0 Å². The van der Waals surface area contributed by atoms with Gasteiger partial charge in [-0.05, 0) is 63.3 Å². The zero-order valence-corrected chi connectivity index (χ0v) is 21.0. The summed E-state index contributed by atoms with van der Waals surface area (Å²) in [6, 6.07) is 6.35. The topological polar surface area (TPSA) is 81.3 Å². The lowest BCUT2D eigenvalue weighted by molar-refractivity contribution is -0.126. The molecule has 0 saturated heterocycles. The fourth-order valence-electron chi connectivity index (χ4n) is 4.02. The van der Waals surface area contributed by atoms with Gasteiger partial charge in [-0.25, -0.2) is 0 Å². The molecule has 30 heavy (non-hydrogen) atoms. The second-order valence-corrected chi connectivity index (χ2v) is 8.56. The van der Waals surface area contributed by atoms with Crippen LogP contribution in [0.2, 0.25) is 5.02 Å². The number of aromatic nitrogens is 1. The average Bonchev–Trinajstić information content (AvgIpc) is 3.09. The molecule has 1 fully saturated rings. The van der Waals surface area contributed by atoms with Crippen molar-refractivity contribution in [2.24, 2.45) is 10.9 Å². The van der Waals surface area contributed by atoms with Crippen LogP contribution >= 0.6 is 35.6 Å². The number of H-pyrrole nitrogens is 1. The van der Waals surface area contributed by atoms with Crippen LogP contribution in [0.15, 0.2) is 29.4 Å². The lowest BCUT2D eigenvalue weighted by Crippen LogP contribution is -2.47. The van der Waals surface area contributed by atoms with Crippen LogP contribution in [0, 0.1) is 5.92 Å². The Morgan fingerprint density at radius 1 is 1.33 bits per heavy atom. The minimum Gasteiger partial charge on any atom is -0.361 e. The maximum atomic E-state index is 12.3. The molecule has 1 aliphatic carbocycles. The number of nitrogens with zero attached hydrogens (tertiary/aromatic N) is 1. The fourth-order valence-corrected chi connectivity index (χ4v) is 4.19. The van der Waals surface area contributed by atoms with Gasteiger partial charge in [-0.2, -0.15) is 0 Å². The number of aliphatic imine (C=N–C) groups is 1. The van der Waals surface area contributed by atoms with Gasteiger partial charge in [0.1, 0.15) is 0 Å². The normalized spacial score (nSPS) is 19.4. The second kappa shape index (κ2) is 11.8. The first kappa shape index (κ1) is 24.8. The Morgan fingerprint density at radius 2 is 2.13 bits per heavy atom. The van der Waals surface area contributed by atoms with Crippen molar-refractivity contribution in [3.63, 3.8) is 0 Å². The molecule has 1 amide bonds. The van der Waals surface area contributed by atoms with Crippen molar-refractivity contribution in [2.45, 2.75) is 58.0 Å². The van der Waals surface area contributed by atoms with Gasteiger partial charge >= 0.3 is 0 Å². The van der Waals surface area contributed by atoms with Crippen molar-refractivity contribution in [2.75, 3.05) is 13.6 Å². The van der Waals surface area contributed by atoms with Crippen LogP contribution < -0.4 is 16.0 Å². The predicted octanol–water partition coefficient (Wildman–Crippen LogP) is 4.23. The van der Waals surface area contributed by atoms with E-state index < -0.39 is 0 Å². The number of hydrogen-bond donors (Lipinski definition) is 4. The number of guanidine groups is 1. The van der Waals surface area contributed by atoms with Gasteiger partial charge in [0.15, 0.2) is 5.96 Å². The van der Waals surface area contributed by atoms with Gasteiger partial charge in [0.05, 0.1) is 0 Å². The molecule has 1 heterocycles. The summed E-state index contributed by atoms with van der Waals surface area (Å²) < 4.78 is 0. The molecule has 1 aromatic heterocycles. The van der Waals surface area contributed by atoms with Crippen LogP contribution in [0.1, 0.15) is 45.1 Å². The molecule has 1 aliphatic rings. The van der Waals surface area contributed by atoms with Crippen LogP contribution in [0.4, 0.5) is 0 Å². The Hall–Kier alpha value is -1.48. The van der Waals surface area contributed by atoms with E-state index in [4.69, 9.17) is 11.6 Å². The summed E-state index contributed by atoms with van der Waals surface area (Å²) in [5.74, 6) is 1.04. The van der Waals surface area contributed by atoms with E-state index in [9.17, 15) is 4.79 Å². The minimum atomic E-state index is 0. The lowest BCUT2D eigenvalue weighted by atomic mass is 9.85. The Kier molecular flexibility index (Phi) is 9.74. The average molecular weight is 546 g/mol. The SMILES string of the molecule is CN=C(NCCc1c[nH]c2ccc(Cl)cc12)NC1CCCC(C(=O)NC(C)C)C1.I. The zero-order chi connectivity index (χ0) is 20.8. The van der Waals surface area contributed by atoms with Crippen molar-refractivity contribution in [3.8, 4) is 0 Å². The largest absolute Gasteiger partial charge is 0.361 e.